The van der Waals surface area contributed by atoms with Crippen molar-refractivity contribution in [1.29, 1.82) is 0 Å². The van der Waals surface area contributed by atoms with E-state index in [1.165, 1.54) is 17.1 Å². The molecule has 2 heterocycles. The maximum Gasteiger partial charge on any atom is 0.264 e. The fourth-order valence-corrected chi connectivity index (χ4v) is 4.86. The number of aryl methyl sites for hydroxylation is 3. The van der Waals surface area contributed by atoms with Crippen LogP contribution in [0.25, 0.3) is 16.7 Å². The highest BCUT2D eigenvalue weighted by molar-refractivity contribution is 7.91. The van der Waals surface area contributed by atoms with Crippen molar-refractivity contribution in [2.45, 2.75) is 31.7 Å². The topological polar surface area (TPSA) is 86.9 Å². The number of hydrogen-bond donors (Lipinski definition) is 0. The van der Waals surface area contributed by atoms with Gasteiger partial charge in [-0.3, -0.25) is 9.36 Å². The summed E-state index contributed by atoms with van der Waals surface area (Å²) >= 11 is 0. The Labute approximate surface area is 174 Å². The van der Waals surface area contributed by atoms with Crippen LogP contribution in [0.4, 0.5) is 0 Å². The van der Waals surface area contributed by atoms with Crippen LogP contribution in [0.15, 0.2) is 70.7 Å². The number of fused-ring (bicyclic) bond motifs is 1. The Morgan fingerprint density at radius 3 is 2.40 bits per heavy atom. The molecule has 2 aromatic carbocycles. The molecular weight excluding hydrogens is 400 g/mol. The highest BCUT2D eigenvalue weighted by atomic mass is 32.2. The number of sulfone groups is 1. The lowest BCUT2D eigenvalue weighted by molar-refractivity contribution is 0.583. The van der Waals surface area contributed by atoms with Gasteiger partial charge in [0.1, 0.15) is 5.39 Å². The van der Waals surface area contributed by atoms with Crippen LogP contribution in [-0.2, 0) is 16.4 Å². The van der Waals surface area contributed by atoms with E-state index in [0.717, 1.165) is 16.8 Å². The second-order valence-electron chi connectivity index (χ2n) is 7.37. The largest absolute Gasteiger partial charge is 0.299 e. The molecule has 0 saturated carbocycles. The maximum atomic E-state index is 12.9. The minimum atomic E-state index is -3.38. The molecule has 30 heavy (non-hydrogen) atoms. The molecule has 7 nitrogen and oxygen atoms in total. The first kappa shape index (κ1) is 20.0. The van der Waals surface area contributed by atoms with Gasteiger partial charge >= 0.3 is 0 Å². The Kier molecular flexibility index (Phi) is 5.26. The molecule has 0 saturated heterocycles. The SMILES string of the molecule is Cc1cc(C)cc(-n2ncc3c(=O)n(CCCS(=O)(=O)c4ccccc4)cnc32)c1. The Balaban J connectivity index is 1.57. The Morgan fingerprint density at radius 2 is 1.70 bits per heavy atom. The van der Waals surface area contributed by atoms with Crippen molar-refractivity contribution < 1.29 is 8.42 Å². The van der Waals surface area contributed by atoms with Crippen molar-refractivity contribution in [3.8, 4) is 5.69 Å². The third-order valence-corrected chi connectivity index (χ3v) is 6.74. The summed E-state index contributed by atoms with van der Waals surface area (Å²) in [5.41, 5.74) is 3.30. The minimum Gasteiger partial charge on any atom is -0.299 e. The monoisotopic (exact) mass is 422 g/mol. The highest BCUT2D eigenvalue weighted by Gasteiger charge is 2.15. The van der Waals surface area contributed by atoms with E-state index in [9.17, 15) is 13.2 Å². The van der Waals surface area contributed by atoms with Gasteiger partial charge in [0, 0.05) is 6.54 Å². The summed E-state index contributed by atoms with van der Waals surface area (Å²) in [7, 11) is -3.38. The van der Waals surface area contributed by atoms with E-state index in [0.29, 0.717) is 22.3 Å². The molecule has 0 aliphatic rings. The van der Waals surface area contributed by atoms with Crippen molar-refractivity contribution in [2.75, 3.05) is 5.75 Å². The summed E-state index contributed by atoms with van der Waals surface area (Å²) in [4.78, 5) is 17.6. The van der Waals surface area contributed by atoms with E-state index in [1.807, 2.05) is 26.0 Å². The van der Waals surface area contributed by atoms with Crippen LogP contribution < -0.4 is 5.56 Å². The van der Waals surface area contributed by atoms with Gasteiger partial charge in [-0.25, -0.2) is 18.1 Å². The molecule has 154 valence electrons. The molecule has 8 heteroatoms. The summed E-state index contributed by atoms with van der Waals surface area (Å²) in [6.07, 6.45) is 3.29. The lowest BCUT2D eigenvalue weighted by Gasteiger charge is -2.08. The van der Waals surface area contributed by atoms with Gasteiger partial charge in [0.05, 0.1) is 28.9 Å². The summed E-state index contributed by atoms with van der Waals surface area (Å²) in [6, 6.07) is 14.4. The fourth-order valence-electron chi connectivity index (χ4n) is 3.54. The van der Waals surface area contributed by atoms with E-state index in [2.05, 4.69) is 16.1 Å². The standard InChI is InChI=1S/C22H22N4O3S/c1-16-11-17(2)13-18(12-16)26-21-20(14-24-26)22(27)25(15-23-21)9-6-10-30(28,29)19-7-4-3-5-8-19/h3-5,7-8,11-15H,6,9-10H2,1-2H3. The van der Waals surface area contributed by atoms with Crippen molar-refractivity contribution in [3.63, 3.8) is 0 Å². The van der Waals surface area contributed by atoms with Gasteiger partial charge in [-0.2, -0.15) is 5.10 Å². The number of nitrogens with zero attached hydrogens (tertiary/aromatic N) is 4. The predicted octanol–water partition coefficient (Wildman–Crippen LogP) is 3.06. The van der Waals surface area contributed by atoms with Gasteiger partial charge in [0.15, 0.2) is 15.5 Å². The lowest BCUT2D eigenvalue weighted by atomic mass is 10.1. The van der Waals surface area contributed by atoms with Crippen LogP contribution in [0.3, 0.4) is 0 Å². The summed E-state index contributed by atoms with van der Waals surface area (Å²) in [5, 5.41) is 4.76. The number of aromatic nitrogens is 4. The first-order chi connectivity index (χ1) is 14.3. The van der Waals surface area contributed by atoms with E-state index >= 15 is 0 Å². The number of benzene rings is 2. The second kappa shape index (κ2) is 7.87. The van der Waals surface area contributed by atoms with Gasteiger partial charge < -0.3 is 0 Å². The van der Waals surface area contributed by atoms with Crippen molar-refractivity contribution in [1.82, 2.24) is 19.3 Å². The zero-order valence-electron chi connectivity index (χ0n) is 16.8. The smallest absolute Gasteiger partial charge is 0.264 e. The summed E-state index contributed by atoms with van der Waals surface area (Å²) in [5.74, 6) is -0.0384. The minimum absolute atomic E-state index is 0.0384. The Bertz CT molecular complexity index is 1350. The molecule has 0 amide bonds. The van der Waals surface area contributed by atoms with Crippen LogP contribution in [0.5, 0.6) is 0 Å². The molecule has 0 bridgehead atoms. The quantitative estimate of drug-likeness (QED) is 0.477. The van der Waals surface area contributed by atoms with Gasteiger partial charge in [-0.05, 0) is 55.7 Å². The molecule has 0 aliphatic carbocycles. The first-order valence-corrected chi connectivity index (χ1v) is 11.3. The van der Waals surface area contributed by atoms with Gasteiger partial charge in [-0.1, -0.05) is 24.3 Å². The van der Waals surface area contributed by atoms with Crippen LogP contribution in [0.1, 0.15) is 17.5 Å². The van der Waals surface area contributed by atoms with Crippen LogP contribution in [-0.4, -0.2) is 33.5 Å². The van der Waals surface area contributed by atoms with Crippen LogP contribution in [0.2, 0.25) is 0 Å². The molecule has 0 radical (unpaired) electrons. The van der Waals surface area contributed by atoms with E-state index in [1.54, 1.807) is 35.0 Å². The molecule has 0 aliphatic heterocycles. The van der Waals surface area contributed by atoms with E-state index in [-0.39, 0.29) is 17.9 Å². The highest BCUT2D eigenvalue weighted by Crippen LogP contribution is 2.17. The van der Waals surface area contributed by atoms with E-state index < -0.39 is 9.84 Å². The molecule has 0 N–H and O–H groups in total. The molecular formula is C22H22N4O3S. The second-order valence-corrected chi connectivity index (χ2v) is 9.48. The molecule has 4 aromatic rings. The van der Waals surface area contributed by atoms with Crippen molar-refractivity contribution in [3.05, 3.63) is 82.5 Å². The average molecular weight is 423 g/mol. The molecule has 4 rings (SSSR count). The van der Waals surface area contributed by atoms with E-state index in [4.69, 9.17) is 0 Å². The normalized spacial score (nSPS) is 11.8. The number of hydrogen-bond acceptors (Lipinski definition) is 5. The molecule has 0 spiro atoms. The fraction of sp³-hybridized carbons (Fsp3) is 0.227. The summed E-state index contributed by atoms with van der Waals surface area (Å²) in [6.45, 7) is 4.28. The summed E-state index contributed by atoms with van der Waals surface area (Å²) < 4.78 is 27.9. The Morgan fingerprint density at radius 1 is 1.00 bits per heavy atom. The lowest BCUT2D eigenvalue weighted by Crippen LogP contribution is -2.22. The van der Waals surface area contributed by atoms with Crippen molar-refractivity contribution >= 4 is 20.9 Å². The third kappa shape index (κ3) is 3.91. The molecule has 0 unspecified atom stereocenters. The predicted molar refractivity (Wildman–Crippen MR) is 116 cm³/mol. The molecule has 0 atom stereocenters. The number of rotatable bonds is 6. The molecule has 2 aromatic heterocycles. The van der Waals surface area contributed by atoms with Crippen LogP contribution >= 0.6 is 0 Å². The van der Waals surface area contributed by atoms with Gasteiger partial charge in [0.25, 0.3) is 5.56 Å². The van der Waals surface area contributed by atoms with Gasteiger partial charge in [-0.15, -0.1) is 0 Å². The van der Waals surface area contributed by atoms with Crippen LogP contribution in [0, 0.1) is 13.8 Å². The zero-order chi connectivity index (χ0) is 21.3. The third-order valence-electron chi connectivity index (χ3n) is 4.92. The average Bonchev–Trinajstić information content (AvgIpc) is 3.14. The first-order valence-electron chi connectivity index (χ1n) is 9.65. The zero-order valence-corrected chi connectivity index (χ0v) is 17.6. The van der Waals surface area contributed by atoms with Crippen molar-refractivity contribution in [2.24, 2.45) is 0 Å². The van der Waals surface area contributed by atoms with Gasteiger partial charge in [0.2, 0.25) is 0 Å². The maximum absolute atomic E-state index is 12.9. The molecule has 0 fully saturated rings. The Hall–Kier alpha value is -3.26.